The maximum Gasteiger partial charge on any atom is 0.234 e. The summed E-state index contributed by atoms with van der Waals surface area (Å²) in [6.07, 6.45) is 3.51. The fraction of sp³-hybridized carbons (Fsp3) is 0.667. The van der Waals surface area contributed by atoms with Crippen molar-refractivity contribution in [1.29, 1.82) is 0 Å². The summed E-state index contributed by atoms with van der Waals surface area (Å²) in [5.41, 5.74) is 1.07. The largest absolute Gasteiger partial charge is 0.490 e. The number of ether oxygens (including phenoxy) is 2. The fourth-order valence-corrected chi connectivity index (χ4v) is 3.40. The first kappa shape index (κ1) is 19.0. The van der Waals surface area contributed by atoms with Gasteiger partial charge >= 0.3 is 0 Å². The summed E-state index contributed by atoms with van der Waals surface area (Å²) >= 11 is 0. The van der Waals surface area contributed by atoms with E-state index in [-0.39, 0.29) is 11.9 Å². The van der Waals surface area contributed by atoms with E-state index in [2.05, 4.69) is 31.0 Å². The molecule has 26 heavy (non-hydrogen) atoms. The standard InChI is InChI=1S/C21H32N2O3/c1-4-23(13-16-6-7-16)14-20(24)22-21(15(2)3)17-8-9-18-19(12-17)26-11-5-10-25-18/h8-9,12,15-16,21H,4-7,10-11,13-14H2,1-3H3,(H,22,24). The smallest absolute Gasteiger partial charge is 0.234 e. The van der Waals surface area contributed by atoms with Gasteiger partial charge in [0.15, 0.2) is 11.5 Å². The van der Waals surface area contributed by atoms with E-state index in [1.165, 1.54) is 12.8 Å². The van der Waals surface area contributed by atoms with E-state index in [1.807, 2.05) is 18.2 Å². The number of amides is 1. The van der Waals surface area contributed by atoms with Crippen molar-refractivity contribution in [3.8, 4) is 11.5 Å². The molecule has 5 nitrogen and oxygen atoms in total. The zero-order valence-corrected chi connectivity index (χ0v) is 16.3. The predicted octanol–water partition coefficient (Wildman–Crippen LogP) is 3.39. The normalized spacial score (nSPS) is 17.9. The lowest BCUT2D eigenvalue weighted by atomic mass is 9.95. The van der Waals surface area contributed by atoms with Crippen LogP contribution in [0.15, 0.2) is 18.2 Å². The summed E-state index contributed by atoms with van der Waals surface area (Å²) in [5.74, 6) is 2.76. The molecule has 1 N–H and O–H groups in total. The van der Waals surface area contributed by atoms with Crippen molar-refractivity contribution in [2.24, 2.45) is 11.8 Å². The fourth-order valence-electron chi connectivity index (χ4n) is 3.40. The summed E-state index contributed by atoms with van der Waals surface area (Å²) in [7, 11) is 0. The molecule has 144 valence electrons. The molecule has 1 amide bonds. The third kappa shape index (κ3) is 5.13. The second-order valence-electron chi connectivity index (χ2n) is 7.82. The van der Waals surface area contributed by atoms with Gasteiger partial charge in [-0.25, -0.2) is 0 Å². The van der Waals surface area contributed by atoms with Crippen LogP contribution in [0.25, 0.3) is 0 Å². The van der Waals surface area contributed by atoms with Gasteiger partial charge in [0.25, 0.3) is 0 Å². The molecule has 0 radical (unpaired) electrons. The van der Waals surface area contributed by atoms with Gasteiger partial charge in [0, 0.05) is 13.0 Å². The molecule has 1 aliphatic carbocycles. The van der Waals surface area contributed by atoms with E-state index >= 15 is 0 Å². The summed E-state index contributed by atoms with van der Waals surface area (Å²) < 4.78 is 11.5. The van der Waals surface area contributed by atoms with Crippen LogP contribution in [0.1, 0.15) is 51.6 Å². The van der Waals surface area contributed by atoms with Crippen LogP contribution < -0.4 is 14.8 Å². The van der Waals surface area contributed by atoms with E-state index < -0.39 is 0 Å². The highest BCUT2D eigenvalue weighted by Crippen LogP contribution is 2.34. The Hall–Kier alpha value is -1.75. The number of fused-ring (bicyclic) bond motifs is 1. The van der Waals surface area contributed by atoms with Gasteiger partial charge in [-0.15, -0.1) is 0 Å². The van der Waals surface area contributed by atoms with Crippen LogP contribution >= 0.6 is 0 Å². The highest BCUT2D eigenvalue weighted by Gasteiger charge is 2.26. The van der Waals surface area contributed by atoms with E-state index in [0.717, 1.165) is 42.5 Å². The van der Waals surface area contributed by atoms with E-state index in [4.69, 9.17) is 9.47 Å². The molecular formula is C21H32N2O3. The summed E-state index contributed by atoms with van der Waals surface area (Å²) in [4.78, 5) is 14.9. The van der Waals surface area contributed by atoms with E-state index in [9.17, 15) is 4.79 Å². The van der Waals surface area contributed by atoms with Crippen molar-refractivity contribution >= 4 is 5.91 Å². The van der Waals surface area contributed by atoms with Crippen LogP contribution in [0.5, 0.6) is 11.5 Å². The van der Waals surface area contributed by atoms with E-state index in [1.54, 1.807) is 0 Å². The van der Waals surface area contributed by atoms with Crippen LogP contribution in [0.4, 0.5) is 0 Å². The van der Waals surface area contributed by atoms with Crippen molar-refractivity contribution in [2.75, 3.05) is 32.8 Å². The van der Waals surface area contributed by atoms with Gasteiger partial charge in [0.2, 0.25) is 5.91 Å². The second-order valence-corrected chi connectivity index (χ2v) is 7.82. The van der Waals surface area contributed by atoms with Crippen LogP contribution in [0.3, 0.4) is 0 Å². The number of rotatable bonds is 8. The number of likely N-dealkylation sites (N-methyl/N-ethyl adjacent to an activating group) is 1. The van der Waals surface area contributed by atoms with Gasteiger partial charge in [-0.3, -0.25) is 9.69 Å². The molecule has 2 aliphatic rings. The monoisotopic (exact) mass is 360 g/mol. The molecular weight excluding hydrogens is 328 g/mol. The van der Waals surface area contributed by atoms with Crippen LogP contribution in [-0.2, 0) is 4.79 Å². The minimum absolute atomic E-state index is 0.0284. The Morgan fingerprint density at radius 1 is 1.23 bits per heavy atom. The molecule has 0 spiro atoms. The van der Waals surface area contributed by atoms with Crippen molar-refractivity contribution in [2.45, 2.75) is 46.1 Å². The number of nitrogens with one attached hydrogen (secondary N) is 1. The molecule has 0 bridgehead atoms. The molecule has 1 atom stereocenters. The minimum Gasteiger partial charge on any atom is -0.490 e. The minimum atomic E-state index is -0.0284. The molecule has 3 rings (SSSR count). The van der Waals surface area contributed by atoms with Crippen LogP contribution in [-0.4, -0.2) is 43.7 Å². The Kier molecular flexibility index (Phi) is 6.41. The molecule has 1 heterocycles. The number of nitrogens with zero attached hydrogens (tertiary/aromatic N) is 1. The van der Waals surface area contributed by atoms with Crippen LogP contribution in [0, 0.1) is 11.8 Å². The van der Waals surface area contributed by atoms with Gasteiger partial charge in [-0.2, -0.15) is 0 Å². The summed E-state index contributed by atoms with van der Waals surface area (Å²) in [6, 6.07) is 6.00. The van der Waals surface area contributed by atoms with Crippen molar-refractivity contribution in [3.63, 3.8) is 0 Å². The summed E-state index contributed by atoms with van der Waals surface area (Å²) in [5, 5.41) is 3.24. The second kappa shape index (κ2) is 8.76. The lowest BCUT2D eigenvalue weighted by Gasteiger charge is -2.26. The number of carbonyl (C=O) groups is 1. The van der Waals surface area contributed by atoms with Crippen molar-refractivity contribution in [1.82, 2.24) is 10.2 Å². The van der Waals surface area contributed by atoms with Gasteiger partial charge < -0.3 is 14.8 Å². The molecule has 1 unspecified atom stereocenters. The number of benzene rings is 1. The van der Waals surface area contributed by atoms with Gasteiger partial charge in [0.1, 0.15) is 0 Å². The highest BCUT2D eigenvalue weighted by atomic mass is 16.5. The average molecular weight is 360 g/mol. The van der Waals surface area contributed by atoms with Gasteiger partial charge in [-0.05, 0) is 48.9 Å². The first-order chi connectivity index (χ1) is 12.6. The lowest BCUT2D eigenvalue weighted by molar-refractivity contribution is -0.123. The Balaban J connectivity index is 1.66. The zero-order valence-electron chi connectivity index (χ0n) is 16.3. The molecule has 1 aromatic rings. The molecule has 1 aromatic carbocycles. The maximum absolute atomic E-state index is 12.6. The Bertz CT molecular complexity index is 613. The topological polar surface area (TPSA) is 50.8 Å². The summed E-state index contributed by atoms with van der Waals surface area (Å²) in [6.45, 7) is 10.2. The van der Waals surface area contributed by atoms with E-state index in [0.29, 0.717) is 25.7 Å². The molecule has 1 aliphatic heterocycles. The Morgan fingerprint density at radius 2 is 1.96 bits per heavy atom. The van der Waals surface area contributed by atoms with Crippen LogP contribution in [0.2, 0.25) is 0 Å². The third-order valence-electron chi connectivity index (χ3n) is 5.14. The molecule has 1 saturated carbocycles. The number of hydrogen-bond donors (Lipinski definition) is 1. The number of carbonyl (C=O) groups excluding carboxylic acids is 1. The molecule has 5 heteroatoms. The lowest BCUT2D eigenvalue weighted by Crippen LogP contribution is -2.41. The Morgan fingerprint density at radius 3 is 2.62 bits per heavy atom. The van der Waals surface area contributed by atoms with Gasteiger partial charge in [-0.1, -0.05) is 26.8 Å². The SMILES string of the molecule is CCN(CC(=O)NC(c1ccc2c(c1)OCCCO2)C(C)C)CC1CC1. The first-order valence-corrected chi connectivity index (χ1v) is 9.98. The average Bonchev–Trinajstić information content (AvgIpc) is 3.44. The Labute approximate surface area is 157 Å². The zero-order chi connectivity index (χ0) is 18.5. The quantitative estimate of drug-likeness (QED) is 0.772. The van der Waals surface area contributed by atoms with Crippen molar-refractivity contribution in [3.05, 3.63) is 23.8 Å². The molecule has 0 aromatic heterocycles. The third-order valence-corrected chi connectivity index (χ3v) is 5.14. The van der Waals surface area contributed by atoms with Crippen molar-refractivity contribution < 1.29 is 14.3 Å². The van der Waals surface area contributed by atoms with Gasteiger partial charge in [0.05, 0.1) is 25.8 Å². The first-order valence-electron chi connectivity index (χ1n) is 9.98. The molecule has 1 fully saturated rings. The predicted molar refractivity (Wildman–Crippen MR) is 103 cm³/mol. The maximum atomic E-state index is 12.6. The highest BCUT2D eigenvalue weighted by molar-refractivity contribution is 5.78. The number of hydrogen-bond acceptors (Lipinski definition) is 4. The molecule has 0 saturated heterocycles.